The van der Waals surface area contributed by atoms with E-state index in [0.29, 0.717) is 23.9 Å². The lowest BCUT2D eigenvalue weighted by atomic mass is 10.2. The van der Waals surface area contributed by atoms with Crippen molar-refractivity contribution in [3.8, 4) is 11.5 Å². The molecule has 0 saturated carbocycles. The number of hydrogen-bond donors (Lipinski definition) is 2. The van der Waals surface area contributed by atoms with Crippen molar-refractivity contribution in [2.75, 3.05) is 64.5 Å². The highest BCUT2D eigenvalue weighted by molar-refractivity contribution is 7.22. The van der Waals surface area contributed by atoms with Gasteiger partial charge in [0.25, 0.3) is 0 Å². The van der Waals surface area contributed by atoms with E-state index in [4.69, 9.17) is 15.2 Å². The van der Waals surface area contributed by atoms with Crippen LogP contribution in [0.25, 0.3) is 21.1 Å². The normalized spacial score (nSPS) is 15.1. The third kappa shape index (κ3) is 4.98. The van der Waals surface area contributed by atoms with Crippen molar-refractivity contribution in [3.63, 3.8) is 0 Å². The first-order valence-corrected chi connectivity index (χ1v) is 12.2. The summed E-state index contributed by atoms with van der Waals surface area (Å²) in [7, 11) is 3.82. The largest absolute Gasteiger partial charge is 0.493 e. The van der Waals surface area contributed by atoms with Crippen LogP contribution in [-0.2, 0) is 0 Å². The minimum Gasteiger partial charge on any atom is -0.493 e. The predicted octanol–water partition coefficient (Wildman–Crippen LogP) is 3.59. The van der Waals surface area contributed by atoms with Gasteiger partial charge >= 0.3 is 0 Å². The smallest absolute Gasteiger partial charge is 0.189 e. The molecule has 0 spiro atoms. The van der Waals surface area contributed by atoms with Gasteiger partial charge < -0.3 is 30.3 Å². The van der Waals surface area contributed by atoms with Crippen LogP contribution >= 0.6 is 11.3 Å². The van der Waals surface area contributed by atoms with Gasteiger partial charge in [-0.2, -0.15) is 0 Å². The number of nitrogens with one attached hydrogen (secondary N) is 1. The fourth-order valence-electron chi connectivity index (χ4n) is 4.07. The molecule has 0 aliphatic carbocycles. The molecule has 1 aliphatic rings. The maximum absolute atomic E-state index is 6.09. The van der Waals surface area contributed by atoms with Crippen molar-refractivity contribution in [1.82, 2.24) is 24.8 Å². The summed E-state index contributed by atoms with van der Waals surface area (Å²) in [4.78, 5) is 18.4. The molecule has 1 saturated heterocycles. The SMILES string of the molecule is COc1cc2c(Nc3nc4ccc(N)cc4s3)ncnc2cc1OCCCN1CCN(C)CC1. The summed E-state index contributed by atoms with van der Waals surface area (Å²) in [6.45, 7) is 6.14. The van der Waals surface area contributed by atoms with E-state index >= 15 is 0 Å². The Morgan fingerprint density at radius 3 is 2.74 bits per heavy atom. The van der Waals surface area contributed by atoms with E-state index in [0.717, 1.165) is 71.1 Å². The van der Waals surface area contributed by atoms with Crippen molar-refractivity contribution >= 4 is 49.1 Å². The highest BCUT2D eigenvalue weighted by atomic mass is 32.1. The van der Waals surface area contributed by atoms with Gasteiger partial charge in [-0.25, -0.2) is 15.0 Å². The summed E-state index contributed by atoms with van der Waals surface area (Å²) in [6, 6.07) is 9.52. The average Bonchev–Trinajstić information content (AvgIpc) is 3.24. The van der Waals surface area contributed by atoms with Crippen molar-refractivity contribution in [1.29, 1.82) is 0 Å². The number of methoxy groups -OCH3 is 1. The highest BCUT2D eigenvalue weighted by Gasteiger charge is 2.15. The Hall–Kier alpha value is -3.21. The Kier molecular flexibility index (Phi) is 6.61. The second kappa shape index (κ2) is 9.96. The van der Waals surface area contributed by atoms with Crippen molar-refractivity contribution in [2.45, 2.75) is 6.42 Å². The van der Waals surface area contributed by atoms with Crippen LogP contribution in [0, 0.1) is 0 Å². The van der Waals surface area contributed by atoms with Crippen LogP contribution in [0.15, 0.2) is 36.7 Å². The van der Waals surface area contributed by atoms with E-state index < -0.39 is 0 Å². The van der Waals surface area contributed by atoms with E-state index in [1.807, 2.05) is 30.3 Å². The van der Waals surface area contributed by atoms with Crippen LogP contribution in [0.2, 0.25) is 0 Å². The van der Waals surface area contributed by atoms with E-state index in [1.54, 1.807) is 13.4 Å². The lowest BCUT2D eigenvalue weighted by Gasteiger charge is -2.32. The first-order valence-electron chi connectivity index (χ1n) is 11.4. The quantitative estimate of drug-likeness (QED) is 0.290. The first kappa shape index (κ1) is 22.6. The molecule has 10 heteroatoms. The van der Waals surface area contributed by atoms with Crippen LogP contribution in [0.1, 0.15) is 6.42 Å². The molecule has 0 bridgehead atoms. The van der Waals surface area contributed by atoms with Crippen LogP contribution in [-0.4, -0.2) is 78.2 Å². The maximum atomic E-state index is 6.09. The zero-order chi connectivity index (χ0) is 23.5. The number of hydrogen-bond acceptors (Lipinski definition) is 10. The molecule has 4 aromatic rings. The molecule has 3 heterocycles. The van der Waals surface area contributed by atoms with Crippen LogP contribution in [0.4, 0.5) is 16.6 Å². The predicted molar refractivity (Wildman–Crippen MR) is 137 cm³/mol. The number of piperazine rings is 1. The molecule has 0 radical (unpaired) electrons. The average molecular weight is 480 g/mol. The summed E-state index contributed by atoms with van der Waals surface area (Å²) >= 11 is 1.53. The van der Waals surface area contributed by atoms with Crippen molar-refractivity contribution in [2.24, 2.45) is 0 Å². The lowest BCUT2D eigenvalue weighted by Crippen LogP contribution is -2.44. The molecule has 0 atom stereocenters. The second-order valence-electron chi connectivity index (χ2n) is 8.46. The Labute approximate surface area is 202 Å². The van der Waals surface area contributed by atoms with Crippen molar-refractivity contribution < 1.29 is 9.47 Å². The summed E-state index contributed by atoms with van der Waals surface area (Å²) in [5.41, 5.74) is 8.29. The summed E-state index contributed by atoms with van der Waals surface area (Å²) in [6.07, 6.45) is 2.50. The van der Waals surface area contributed by atoms with Crippen LogP contribution < -0.4 is 20.5 Å². The number of rotatable bonds is 8. The summed E-state index contributed by atoms with van der Waals surface area (Å²) in [5.74, 6) is 2.01. The van der Waals surface area contributed by atoms with Gasteiger partial charge in [0.1, 0.15) is 12.1 Å². The molecule has 9 nitrogen and oxygen atoms in total. The third-order valence-corrected chi connectivity index (χ3v) is 6.96. The number of nitrogen functional groups attached to an aromatic ring is 1. The van der Waals surface area contributed by atoms with E-state index in [9.17, 15) is 0 Å². The van der Waals surface area contributed by atoms with Gasteiger partial charge in [-0.05, 0) is 37.7 Å². The van der Waals surface area contributed by atoms with Gasteiger partial charge in [0.15, 0.2) is 16.6 Å². The van der Waals surface area contributed by atoms with Gasteiger partial charge in [0, 0.05) is 49.9 Å². The molecule has 3 N–H and O–H groups in total. The Balaban J connectivity index is 1.30. The monoisotopic (exact) mass is 479 g/mol. The summed E-state index contributed by atoms with van der Waals surface area (Å²) in [5, 5.41) is 4.90. The molecule has 5 rings (SSSR count). The van der Waals surface area contributed by atoms with E-state index in [1.165, 1.54) is 11.3 Å². The molecule has 1 fully saturated rings. The Morgan fingerprint density at radius 1 is 1.06 bits per heavy atom. The number of anilines is 3. The number of fused-ring (bicyclic) bond motifs is 2. The van der Waals surface area contributed by atoms with Crippen LogP contribution in [0.5, 0.6) is 11.5 Å². The topological polar surface area (TPSA) is 102 Å². The van der Waals surface area contributed by atoms with Gasteiger partial charge in [-0.3, -0.25) is 0 Å². The number of thiazole rings is 1. The molecule has 0 unspecified atom stereocenters. The van der Waals surface area contributed by atoms with E-state index in [-0.39, 0.29) is 0 Å². The number of benzene rings is 2. The minimum absolute atomic E-state index is 0.624. The second-order valence-corrected chi connectivity index (χ2v) is 9.49. The third-order valence-electron chi connectivity index (χ3n) is 6.03. The van der Waals surface area contributed by atoms with Gasteiger partial charge in [0.05, 0.1) is 29.5 Å². The zero-order valence-corrected chi connectivity index (χ0v) is 20.3. The molecule has 0 amide bonds. The number of ether oxygens (including phenoxy) is 2. The number of nitrogens with two attached hydrogens (primary N) is 1. The Bertz CT molecular complexity index is 1290. The zero-order valence-electron chi connectivity index (χ0n) is 19.5. The number of aromatic nitrogens is 3. The van der Waals surface area contributed by atoms with Gasteiger partial charge in [0.2, 0.25) is 0 Å². The first-order chi connectivity index (χ1) is 16.6. The molecule has 2 aromatic heterocycles. The fourth-order valence-corrected chi connectivity index (χ4v) is 4.99. The molecular formula is C24H29N7O2S. The highest BCUT2D eigenvalue weighted by Crippen LogP contribution is 2.36. The number of nitrogens with zero attached hydrogens (tertiary/aromatic N) is 5. The molecule has 1 aliphatic heterocycles. The maximum Gasteiger partial charge on any atom is 0.189 e. The molecule has 178 valence electrons. The summed E-state index contributed by atoms with van der Waals surface area (Å²) < 4.78 is 12.7. The lowest BCUT2D eigenvalue weighted by molar-refractivity contribution is 0.145. The molecular weight excluding hydrogens is 450 g/mol. The standard InChI is InChI=1S/C24H29N7O2S/c1-30-7-9-31(10-8-30)6-3-11-33-21-14-19-17(13-20(21)32-2)23(27-15-26-19)29-24-28-18-5-4-16(25)12-22(18)34-24/h4-5,12-15H,3,6-11,25H2,1-2H3,(H,26,27,28,29). The van der Waals surface area contributed by atoms with Gasteiger partial charge in [-0.1, -0.05) is 11.3 Å². The molecule has 2 aromatic carbocycles. The van der Waals surface area contributed by atoms with E-state index in [2.05, 4.69) is 37.1 Å². The van der Waals surface area contributed by atoms with Crippen LogP contribution in [0.3, 0.4) is 0 Å². The van der Waals surface area contributed by atoms with Gasteiger partial charge in [-0.15, -0.1) is 0 Å². The minimum atomic E-state index is 0.624. The Morgan fingerprint density at radius 2 is 1.91 bits per heavy atom. The fraction of sp³-hybridized carbons (Fsp3) is 0.375. The van der Waals surface area contributed by atoms with Crippen molar-refractivity contribution in [3.05, 3.63) is 36.7 Å². The number of likely N-dealkylation sites (N-methyl/N-ethyl adjacent to an activating group) is 1. The molecule has 34 heavy (non-hydrogen) atoms.